The van der Waals surface area contributed by atoms with Crippen LogP contribution >= 0.6 is 0 Å². The SMILES string of the molecule is CC(C)C1(O)CN(C(=O)c2cc([N+](=O)[O-])c(F)cc2F)C1. The third-order valence-electron chi connectivity index (χ3n) is 3.75. The number of hydrogen-bond donors (Lipinski definition) is 1. The van der Waals surface area contributed by atoms with Gasteiger partial charge in [-0.05, 0) is 5.92 Å². The van der Waals surface area contributed by atoms with E-state index >= 15 is 0 Å². The number of likely N-dealkylation sites (tertiary alicyclic amines) is 1. The van der Waals surface area contributed by atoms with E-state index in [-0.39, 0.29) is 19.0 Å². The van der Waals surface area contributed by atoms with Crippen molar-refractivity contribution in [1.82, 2.24) is 4.90 Å². The topological polar surface area (TPSA) is 83.7 Å². The van der Waals surface area contributed by atoms with Gasteiger partial charge in [-0.2, -0.15) is 4.39 Å². The Labute approximate surface area is 119 Å². The molecule has 0 aliphatic carbocycles. The molecule has 8 heteroatoms. The van der Waals surface area contributed by atoms with Gasteiger partial charge in [-0.25, -0.2) is 4.39 Å². The van der Waals surface area contributed by atoms with Gasteiger partial charge in [0.05, 0.1) is 23.6 Å². The quantitative estimate of drug-likeness (QED) is 0.680. The molecule has 2 rings (SSSR count). The maximum absolute atomic E-state index is 13.6. The fourth-order valence-corrected chi connectivity index (χ4v) is 2.14. The van der Waals surface area contributed by atoms with E-state index in [2.05, 4.69) is 0 Å². The van der Waals surface area contributed by atoms with Crippen LogP contribution in [0.4, 0.5) is 14.5 Å². The Hall–Kier alpha value is -2.09. The fourth-order valence-electron chi connectivity index (χ4n) is 2.14. The highest BCUT2D eigenvalue weighted by Gasteiger charge is 2.46. The molecule has 1 aromatic rings. The highest BCUT2D eigenvalue weighted by Crippen LogP contribution is 2.31. The molecule has 1 aliphatic heterocycles. The van der Waals surface area contributed by atoms with Crippen LogP contribution in [0.5, 0.6) is 0 Å². The van der Waals surface area contributed by atoms with Crippen LogP contribution in [0, 0.1) is 27.7 Å². The van der Waals surface area contributed by atoms with Crippen LogP contribution in [0.1, 0.15) is 24.2 Å². The van der Waals surface area contributed by atoms with Crippen LogP contribution in [0.3, 0.4) is 0 Å². The van der Waals surface area contributed by atoms with Gasteiger partial charge >= 0.3 is 5.69 Å². The number of hydrogen-bond acceptors (Lipinski definition) is 4. The molecule has 0 bridgehead atoms. The molecule has 1 aliphatic rings. The molecule has 0 unspecified atom stereocenters. The minimum Gasteiger partial charge on any atom is -0.386 e. The van der Waals surface area contributed by atoms with Crippen molar-refractivity contribution in [3.63, 3.8) is 0 Å². The molecular formula is C13H14F2N2O4. The van der Waals surface area contributed by atoms with Crippen molar-refractivity contribution < 1.29 is 23.6 Å². The Bertz CT molecular complexity index is 612. The van der Waals surface area contributed by atoms with E-state index in [1.807, 2.05) is 0 Å². The number of aliphatic hydroxyl groups is 1. The standard InChI is InChI=1S/C13H14F2N2O4/c1-7(2)13(19)5-16(6-13)12(18)8-3-11(17(20)21)10(15)4-9(8)14/h3-4,7,19H,5-6H2,1-2H3. The minimum atomic E-state index is -1.34. The number of carbonyl (C=O) groups is 1. The number of carbonyl (C=O) groups excluding carboxylic acids is 1. The zero-order valence-corrected chi connectivity index (χ0v) is 11.5. The summed E-state index contributed by atoms with van der Waals surface area (Å²) in [6.07, 6.45) is 0. The summed E-state index contributed by atoms with van der Waals surface area (Å²) < 4.78 is 26.9. The average molecular weight is 300 g/mol. The van der Waals surface area contributed by atoms with E-state index < -0.39 is 39.3 Å². The van der Waals surface area contributed by atoms with Gasteiger partial charge in [0.2, 0.25) is 5.82 Å². The summed E-state index contributed by atoms with van der Waals surface area (Å²) in [6, 6.07) is 0.902. The first-order valence-electron chi connectivity index (χ1n) is 6.31. The van der Waals surface area contributed by atoms with Crippen molar-refractivity contribution in [2.24, 2.45) is 5.92 Å². The monoisotopic (exact) mass is 300 g/mol. The molecule has 1 fully saturated rings. The second-order valence-corrected chi connectivity index (χ2v) is 5.46. The maximum atomic E-state index is 13.6. The van der Waals surface area contributed by atoms with Gasteiger partial charge in [0.25, 0.3) is 5.91 Å². The molecule has 0 radical (unpaired) electrons. The third kappa shape index (κ3) is 2.58. The normalized spacial score (nSPS) is 16.8. The van der Waals surface area contributed by atoms with Crippen LogP contribution in [-0.4, -0.2) is 39.5 Å². The molecule has 114 valence electrons. The van der Waals surface area contributed by atoms with Gasteiger partial charge in [0.1, 0.15) is 11.4 Å². The van der Waals surface area contributed by atoms with Crippen molar-refractivity contribution in [1.29, 1.82) is 0 Å². The van der Waals surface area contributed by atoms with Gasteiger partial charge < -0.3 is 10.0 Å². The molecule has 1 aromatic carbocycles. The minimum absolute atomic E-state index is 0.00805. The van der Waals surface area contributed by atoms with E-state index in [0.29, 0.717) is 12.1 Å². The van der Waals surface area contributed by atoms with Gasteiger partial charge in [-0.1, -0.05) is 13.8 Å². The van der Waals surface area contributed by atoms with E-state index in [0.717, 1.165) is 0 Å². The van der Waals surface area contributed by atoms with E-state index in [9.17, 15) is 28.8 Å². The molecule has 1 heterocycles. The summed E-state index contributed by atoms with van der Waals surface area (Å²) in [4.78, 5) is 22.9. The molecule has 0 saturated carbocycles. The molecule has 0 atom stereocenters. The molecule has 1 saturated heterocycles. The van der Waals surface area contributed by atoms with E-state index in [4.69, 9.17) is 0 Å². The second-order valence-electron chi connectivity index (χ2n) is 5.46. The lowest BCUT2D eigenvalue weighted by Gasteiger charge is -2.49. The lowest BCUT2D eigenvalue weighted by Crippen LogP contribution is -2.66. The smallest absolute Gasteiger partial charge is 0.305 e. The van der Waals surface area contributed by atoms with Crippen molar-refractivity contribution in [3.05, 3.63) is 39.4 Å². The number of β-amino-alcohol motifs (C(OH)–C–C–N with tert-alkyl or cyclic N) is 1. The van der Waals surface area contributed by atoms with Crippen molar-refractivity contribution in [2.45, 2.75) is 19.4 Å². The largest absolute Gasteiger partial charge is 0.386 e. The number of nitro groups is 1. The van der Waals surface area contributed by atoms with Crippen LogP contribution < -0.4 is 0 Å². The molecule has 1 amide bonds. The Balaban J connectivity index is 2.26. The highest BCUT2D eigenvalue weighted by atomic mass is 19.1. The summed E-state index contributed by atoms with van der Waals surface area (Å²) in [5.41, 5.74) is -2.58. The Morgan fingerprint density at radius 1 is 1.38 bits per heavy atom. The average Bonchev–Trinajstić information content (AvgIpc) is 2.33. The number of halogens is 2. The summed E-state index contributed by atoms with van der Waals surface area (Å²) in [7, 11) is 0. The van der Waals surface area contributed by atoms with Crippen LogP contribution in [-0.2, 0) is 0 Å². The Morgan fingerprint density at radius 2 is 1.95 bits per heavy atom. The van der Waals surface area contributed by atoms with Crippen LogP contribution in [0.15, 0.2) is 12.1 Å². The Kier molecular flexibility index (Phi) is 3.66. The molecular weight excluding hydrogens is 286 g/mol. The molecule has 6 nitrogen and oxygen atoms in total. The number of amides is 1. The zero-order valence-electron chi connectivity index (χ0n) is 11.5. The van der Waals surface area contributed by atoms with Gasteiger partial charge in [0.15, 0.2) is 0 Å². The summed E-state index contributed by atoms with van der Waals surface area (Å²) >= 11 is 0. The maximum Gasteiger partial charge on any atom is 0.305 e. The van der Waals surface area contributed by atoms with Gasteiger partial charge in [-0.3, -0.25) is 14.9 Å². The molecule has 21 heavy (non-hydrogen) atoms. The third-order valence-corrected chi connectivity index (χ3v) is 3.75. The van der Waals surface area contributed by atoms with Crippen molar-refractivity contribution in [2.75, 3.05) is 13.1 Å². The van der Waals surface area contributed by atoms with Crippen LogP contribution in [0.2, 0.25) is 0 Å². The predicted octanol–water partition coefficient (Wildman–Crippen LogP) is 1.72. The lowest BCUT2D eigenvalue weighted by molar-refractivity contribution is -0.387. The number of nitrogens with zero attached hydrogens (tertiary/aromatic N) is 2. The zero-order chi connectivity index (χ0) is 15.9. The fraction of sp³-hybridized carbons (Fsp3) is 0.462. The summed E-state index contributed by atoms with van der Waals surface area (Å²) in [5.74, 6) is -3.39. The first-order chi connectivity index (χ1) is 9.65. The summed E-state index contributed by atoms with van der Waals surface area (Å²) in [6.45, 7) is 3.58. The molecule has 0 aromatic heterocycles. The lowest BCUT2D eigenvalue weighted by atomic mass is 9.82. The molecule has 1 N–H and O–H groups in total. The number of rotatable bonds is 3. The predicted molar refractivity (Wildman–Crippen MR) is 68.7 cm³/mol. The van der Waals surface area contributed by atoms with Crippen molar-refractivity contribution in [3.8, 4) is 0 Å². The number of benzene rings is 1. The van der Waals surface area contributed by atoms with E-state index in [1.165, 1.54) is 4.90 Å². The highest BCUT2D eigenvalue weighted by molar-refractivity contribution is 5.95. The Morgan fingerprint density at radius 3 is 2.43 bits per heavy atom. The number of nitro benzene ring substituents is 1. The van der Waals surface area contributed by atoms with E-state index in [1.54, 1.807) is 13.8 Å². The first-order valence-corrected chi connectivity index (χ1v) is 6.31. The summed E-state index contributed by atoms with van der Waals surface area (Å²) in [5, 5.41) is 20.7. The molecule has 0 spiro atoms. The van der Waals surface area contributed by atoms with Crippen LogP contribution in [0.25, 0.3) is 0 Å². The van der Waals surface area contributed by atoms with Gasteiger partial charge in [-0.15, -0.1) is 0 Å². The first kappa shape index (κ1) is 15.3. The second kappa shape index (κ2) is 5.03. The van der Waals surface area contributed by atoms with Gasteiger partial charge in [0, 0.05) is 12.1 Å². The van der Waals surface area contributed by atoms with Crippen molar-refractivity contribution >= 4 is 11.6 Å².